The molecule has 0 saturated heterocycles. The highest BCUT2D eigenvalue weighted by atomic mass is 35.5. The van der Waals surface area contributed by atoms with Gasteiger partial charge >= 0.3 is 0 Å². The fourth-order valence-corrected chi connectivity index (χ4v) is 0.681. The standard InChI is InChI=1S/C7H8N2.ClH/c1-3-7-8-5-6-9(7)4-2;/h3-6H,1-2H2;1H. The van der Waals surface area contributed by atoms with E-state index in [1.807, 2.05) is 17.0 Å². The number of imidazole rings is 1. The lowest BCUT2D eigenvalue weighted by Crippen LogP contribution is -3.00. The van der Waals surface area contributed by atoms with Crippen LogP contribution in [0.3, 0.4) is 0 Å². The smallest absolute Gasteiger partial charge is 0.283 e. The topological polar surface area (TPSA) is 19.7 Å². The molecule has 0 unspecified atom stereocenters. The second kappa shape index (κ2) is 3.90. The first kappa shape index (κ1) is 8.98. The van der Waals surface area contributed by atoms with Crippen molar-refractivity contribution in [1.82, 2.24) is 4.98 Å². The van der Waals surface area contributed by atoms with E-state index in [4.69, 9.17) is 0 Å². The number of rotatable bonds is 2. The lowest BCUT2D eigenvalue weighted by atomic mass is 10.6. The van der Waals surface area contributed by atoms with Crippen molar-refractivity contribution in [3.63, 3.8) is 0 Å². The minimum atomic E-state index is 0. The molecule has 0 fully saturated rings. The Labute approximate surface area is 66.3 Å². The zero-order valence-corrected chi connectivity index (χ0v) is 6.30. The van der Waals surface area contributed by atoms with E-state index in [1.54, 1.807) is 12.3 Å². The molecule has 0 aromatic carbocycles. The first-order valence-electron chi connectivity index (χ1n) is 2.72. The van der Waals surface area contributed by atoms with Crippen molar-refractivity contribution in [2.24, 2.45) is 0 Å². The van der Waals surface area contributed by atoms with E-state index in [0.29, 0.717) is 0 Å². The van der Waals surface area contributed by atoms with E-state index in [1.165, 1.54) is 0 Å². The third-order valence-corrected chi connectivity index (χ3v) is 1.13. The van der Waals surface area contributed by atoms with Gasteiger partial charge in [-0.1, -0.05) is 13.2 Å². The number of aromatic amines is 1. The quantitative estimate of drug-likeness (QED) is 0.481. The molecule has 1 aromatic heterocycles. The Bertz CT molecular complexity index is 205. The molecule has 1 heterocycles. The number of nitrogens with zero attached hydrogens (tertiary/aromatic N) is 1. The van der Waals surface area contributed by atoms with Gasteiger partial charge in [-0.25, -0.2) is 9.55 Å². The van der Waals surface area contributed by atoms with Crippen molar-refractivity contribution < 1.29 is 17.0 Å². The summed E-state index contributed by atoms with van der Waals surface area (Å²) in [6, 6.07) is 0. The minimum Gasteiger partial charge on any atom is -1.00 e. The van der Waals surface area contributed by atoms with Crippen molar-refractivity contribution in [2.75, 3.05) is 0 Å². The number of H-pyrrole nitrogens is 1. The van der Waals surface area contributed by atoms with Gasteiger partial charge in [-0.05, 0) is 0 Å². The molecule has 0 aliphatic rings. The van der Waals surface area contributed by atoms with Gasteiger partial charge in [-0.15, -0.1) is 0 Å². The van der Waals surface area contributed by atoms with Gasteiger partial charge in [-0.3, -0.25) is 0 Å². The van der Waals surface area contributed by atoms with Gasteiger partial charge in [0.05, 0.1) is 6.20 Å². The Morgan fingerprint density at radius 2 is 2.20 bits per heavy atom. The average molecular weight is 157 g/mol. The molecule has 3 heteroatoms. The number of nitrogens with one attached hydrogen (secondary N) is 1. The van der Waals surface area contributed by atoms with Gasteiger partial charge in [0.2, 0.25) is 0 Å². The summed E-state index contributed by atoms with van der Waals surface area (Å²) >= 11 is 0. The number of aromatic nitrogens is 2. The maximum Gasteiger partial charge on any atom is 0.283 e. The van der Waals surface area contributed by atoms with Crippen LogP contribution >= 0.6 is 0 Å². The maximum absolute atomic E-state index is 3.61. The van der Waals surface area contributed by atoms with Gasteiger partial charge in [0.1, 0.15) is 12.4 Å². The van der Waals surface area contributed by atoms with Gasteiger partial charge in [-0.2, -0.15) is 0 Å². The molecule has 10 heavy (non-hydrogen) atoms. The van der Waals surface area contributed by atoms with E-state index in [0.717, 1.165) is 5.82 Å². The SMILES string of the molecule is C=Cc1[nH]cc[n+]1C=C.[Cl-]. The van der Waals surface area contributed by atoms with Crippen molar-refractivity contribution in [2.45, 2.75) is 0 Å². The van der Waals surface area contributed by atoms with E-state index in [9.17, 15) is 0 Å². The molecule has 1 N–H and O–H groups in total. The predicted octanol–water partition coefficient (Wildman–Crippen LogP) is -1.95. The van der Waals surface area contributed by atoms with Gasteiger partial charge in [0, 0.05) is 6.08 Å². The summed E-state index contributed by atoms with van der Waals surface area (Å²) in [5, 5.41) is 0. The average Bonchev–Trinajstić information content (AvgIpc) is 2.33. The van der Waals surface area contributed by atoms with Crippen LogP contribution in [0.5, 0.6) is 0 Å². The summed E-state index contributed by atoms with van der Waals surface area (Å²) < 4.78 is 1.85. The number of hydrogen-bond acceptors (Lipinski definition) is 0. The van der Waals surface area contributed by atoms with Crippen LogP contribution < -0.4 is 17.0 Å². The van der Waals surface area contributed by atoms with Crippen molar-refractivity contribution in [3.8, 4) is 0 Å². The highest BCUT2D eigenvalue weighted by Gasteiger charge is 1.99. The van der Waals surface area contributed by atoms with Crippen LogP contribution in [-0.2, 0) is 0 Å². The molecule has 0 aliphatic carbocycles. The van der Waals surface area contributed by atoms with Crippen LogP contribution in [0.2, 0.25) is 0 Å². The minimum absolute atomic E-state index is 0. The normalized spacial score (nSPS) is 8.00. The molecule has 0 radical (unpaired) electrons. The largest absolute Gasteiger partial charge is 1.00 e. The first-order valence-corrected chi connectivity index (χ1v) is 2.72. The monoisotopic (exact) mass is 156 g/mol. The third kappa shape index (κ3) is 1.48. The van der Waals surface area contributed by atoms with Crippen LogP contribution in [0, 0.1) is 0 Å². The Morgan fingerprint density at radius 1 is 1.50 bits per heavy atom. The highest BCUT2D eigenvalue weighted by molar-refractivity contribution is 5.32. The molecule has 1 rings (SSSR count). The van der Waals surface area contributed by atoms with Crippen LogP contribution in [0.4, 0.5) is 0 Å². The summed E-state index contributed by atoms with van der Waals surface area (Å²) in [7, 11) is 0. The van der Waals surface area contributed by atoms with Crippen LogP contribution in [0.25, 0.3) is 12.3 Å². The molecular weight excluding hydrogens is 148 g/mol. The molecule has 1 aromatic rings. The van der Waals surface area contributed by atoms with Crippen LogP contribution in [0.15, 0.2) is 25.6 Å². The zero-order chi connectivity index (χ0) is 6.69. The Balaban J connectivity index is 0.000000810. The fourth-order valence-electron chi connectivity index (χ4n) is 0.681. The summed E-state index contributed by atoms with van der Waals surface area (Å²) in [6.45, 7) is 7.22. The van der Waals surface area contributed by atoms with E-state index in [-0.39, 0.29) is 12.4 Å². The van der Waals surface area contributed by atoms with Crippen LogP contribution in [0.1, 0.15) is 5.82 Å². The van der Waals surface area contributed by atoms with Gasteiger partial charge in [0.25, 0.3) is 5.82 Å². The van der Waals surface area contributed by atoms with Crippen molar-refractivity contribution >= 4 is 12.3 Å². The van der Waals surface area contributed by atoms with Gasteiger partial charge < -0.3 is 12.4 Å². The third-order valence-electron chi connectivity index (χ3n) is 1.13. The fraction of sp³-hybridized carbons (Fsp3) is 0. The molecule has 2 nitrogen and oxygen atoms in total. The Hall–Kier alpha value is -1.02. The maximum atomic E-state index is 3.61. The van der Waals surface area contributed by atoms with Crippen LogP contribution in [-0.4, -0.2) is 4.98 Å². The van der Waals surface area contributed by atoms with Gasteiger partial charge in [0.15, 0.2) is 0 Å². The molecule has 0 spiro atoms. The summed E-state index contributed by atoms with van der Waals surface area (Å²) in [4.78, 5) is 2.98. The van der Waals surface area contributed by atoms with E-state index >= 15 is 0 Å². The summed E-state index contributed by atoms with van der Waals surface area (Å²) in [5.41, 5.74) is 0. The summed E-state index contributed by atoms with van der Waals surface area (Å²) in [6.07, 6.45) is 7.16. The molecule has 0 amide bonds. The molecule has 0 atom stereocenters. The summed E-state index contributed by atoms with van der Waals surface area (Å²) in [5.74, 6) is 0.949. The Morgan fingerprint density at radius 3 is 2.60 bits per heavy atom. The lowest BCUT2D eigenvalue weighted by Gasteiger charge is -1.81. The molecule has 0 saturated carbocycles. The number of halogens is 1. The van der Waals surface area contributed by atoms with E-state index < -0.39 is 0 Å². The lowest BCUT2D eigenvalue weighted by molar-refractivity contribution is -0.568. The highest BCUT2D eigenvalue weighted by Crippen LogP contribution is 1.85. The number of hydrogen-bond donors (Lipinski definition) is 1. The van der Waals surface area contributed by atoms with E-state index in [2.05, 4.69) is 18.1 Å². The molecular formula is C7H9ClN2. The predicted molar refractivity (Wildman–Crippen MR) is 37.5 cm³/mol. The Kier molecular flexibility index (Phi) is 3.51. The second-order valence-corrected chi connectivity index (χ2v) is 1.64. The van der Waals surface area contributed by atoms with Crippen molar-refractivity contribution in [3.05, 3.63) is 31.4 Å². The zero-order valence-electron chi connectivity index (χ0n) is 5.55. The van der Waals surface area contributed by atoms with Crippen molar-refractivity contribution in [1.29, 1.82) is 0 Å². The molecule has 0 bridgehead atoms. The first-order chi connectivity index (χ1) is 4.38. The molecule has 0 aliphatic heterocycles. The molecule has 54 valence electrons. The second-order valence-electron chi connectivity index (χ2n) is 1.64.